The number of benzene rings is 1. The first kappa shape index (κ1) is 17.4. The van der Waals surface area contributed by atoms with E-state index in [2.05, 4.69) is 10.6 Å². The Bertz CT molecular complexity index is 550. The van der Waals surface area contributed by atoms with Gasteiger partial charge in [0, 0.05) is 18.7 Å². The Morgan fingerprint density at radius 3 is 2.61 bits per heavy atom. The van der Waals surface area contributed by atoms with Crippen LogP contribution in [0.5, 0.6) is 17.2 Å². The SMILES string of the molecule is COc1ccc(CNC(=O)[C@H]2NCCO[C@@H]2C)c(OC)c1OC. The minimum Gasteiger partial charge on any atom is -0.493 e. The summed E-state index contributed by atoms with van der Waals surface area (Å²) in [5.41, 5.74) is 0.808. The predicted octanol–water partition coefficient (Wildman–Crippen LogP) is 0.706. The lowest BCUT2D eigenvalue weighted by Crippen LogP contribution is -2.55. The van der Waals surface area contributed by atoms with Gasteiger partial charge in [0.25, 0.3) is 0 Å². The average molecular weight is 324 g/mol. The lowest BCUT2D eigenvalue weighted by molar-refractivity contribution is -0.129. The molecule has 0 bridgehead atoms. The summed E-state index contributed by atoms with van der Waals surface area (Å²) < 4.78 is 21.5. The second-order valence-electron chi connectivity index (χ2n) is 5.22. The highest BCUT2D eigenvalue weighted by Crippen LogP contribution is 2.39. The number of ether oxygens (including phenoxy) is 4. The molecule has 0 saturated carbocycles. The van der Waals surface area contributed by atoms with Crippen molar-refractivity contribution in [3.05, 3.63) is 17.7 Å². The summed E-state index contributed by atoms with van der Waals surface area (Å²) in [7, 11) is 4.67. The van der Waals surface area contributed by atoms with Gasteiger partial charge in [-0.25, -0.2) is 0 Å². The van der Waals surface area contributed by atoms with Gasteiger partial charge in [0.05, 0.1) is 34.0 Å². The van der Waals surface area contributed by atoms with Crippen LogP contribution in [0.1, 0.15) is 12.5 Å². The van der Waals surface area contributed by atoms with Crippen LogP contribution < -0.4 is 24.8 Å². The van der Waals surface area contributed by atoms with Crippen LogP contribution in [0.3, 0.4) is 0 Å². The minimum absolute atomic E-state index is 0.103. The first-order chi connectivity index (χ1) is 11.1. The van der Waals surface area contributed by atoms with E-state index in [0.717, 1.165) is 5.56 Å². The molecular formula is C16H24N2O5. The number of morpholine rings is 1. The summed E-state index contributed by atoms with van der Waals surface area (Å²) >= 11 is 0. The lowest BCUT2D eigenvalue weighted by Gasteiger charge is -2.29. The van der Waals surface area contributed by atoms with E-state index in [1.807, 2.05) is 13.0 Å². The number of amides is 1. The van der Waals surface area contributed by atoms with Gasteiger partial charge < -0.3 is 29.6 Å². The Morgan fingerprint density at radius 1 is 1.26 bits per heavy atom. The summed E-state index contributed by atoms with van der Waals surface area (Å²) in [5, 5.41) is 6.07. The van der Waals surface area contributed by atoms with Crippen LogP contribution in [0.25, 0.3) is 0 Å². The molecule has 7 nitrogen and oxygen atoms in total. The van der Waals surface area contributed by atoms with Gasteiger partial charge in [-0.1, -0.05) is 0 Å². The number of hydrogen-bond donors (Lipinski definition) is 2. The van der Waals surface area contributed by atoms with Crippen molar-refractivity contribution in [1.82, 2.24) is 10.6 Å². The van der Waals surface area contributed by atoms with Gasteiger partial charge in [0.1, 0.15) is 6.04 Å². The number of nitrogens with one attached hydrogen (secondary N) is 2. The van der Waals surface area contributed by atoms with E-state index in [4.69, 9.17) is 18.9 Å². The third kappa shape index (κ3) is 3.86. The fraction of sp³-hybridized carbons (Fsp3) is 0.562. The van der Waals surface area contributed by atoms with Gasteiger partial charge >= 0.3 is 0 Å². The predicted molar refractivity (Wildman–Crippen MR) is 85.1 cm³/mol. The first-order valence-corrected chi connectivity index (χ1v) is 7.52. The molecule has 0 aliphatic carbocycles. The van der Waals surface area contributed by atoms with Gasteiger partial charge in [0.2, 0.25) is 11.7 Å². The van der Waals surface area contributed by atoms with Crippen LogP contribution in [0.4, 0.5) is 0 Å². The monoisotopic (exact) mass is 324 g/mol. The molecule has 0 radical (unpaired) electrons. The Labute approximate surface area is 136 Å². The molecule has 1 aromatic carbocycles. The number of hydrogen-bond acceptors (Lipinski definition) is 6. The molecule has 23 heavy (non-hydrogen) atoms. The van der Waals surface area contributed by atoms with Gasteiger partial charge in [-0.15, -0.1) is 0 Å². The Hall–Kier alpha value is -1.99. The molecule has 1 amide bonds. The second kappa shape index (κ2) is 8.03. The molecule has 0 unspecified atom stereocenters. The normalized spacial score (nSPS) is 20.7. The number of rotatable bonds is 6. The van der Waals surface area contributed by atoms with Crippen molar-refractivity contribution in [2.75, 3.05) is 34.5 Å². The summed E-state index contributed by atoms with van der Waals surface area (Å²) in [6.45, 7) is 3.50. The maximum atomic E-state index is 12.3. The Morgan fingerprint density at radius 2 is 2.00 bits per heavy atom. The Balaban J connectivity index is 2.09. The molecule has 1 heterocycles. The lowest BCUT2D eigenvalue weighted by atomic mass is 10.1. The molecule has 0 aromatic heterocycles. The maximum absolute atomic E-state index is 12.3. The van der Waals surface area contributed by atoms with E-state index in [1.165, 1.54) is 0 Å². The first-order valence-electron chi connectivity index (χ1n) is 7.52. The highest BCUT2D eigenvalue weighted by Gasteiger charge is 2.28. The second-order valence-corrected chi connectivity index (χ2v) is 5.22. The van der Waals surface area contributed by atoms with Crippen LogP contribution >= 0.6 is 0 Å². The van der Waals surface area contributed by atoms with Crippen LogP contribution in [-0.2, 0) is 16.1 Å². The van der Waals surface area contributed by atoms with Crippen molar-refractivity contribution in [2.24, 2.45) is 0 Å². The number of carbonyl (C=O) groups is 1. The van der Waals surface area contributed by atoms with E-state index in [9.17, 15) is 4.79 Å². The van der Waals surface area contributed by atoms with Gasteiger partial charge in [0.15, 0.2) is 11.5 Å². The average Bonchev–Trinajstić information content (AvgIpc) is 2.58. The highest BCUT2D eigenvalue weighted by atomic mass is 16.5. The summed E-state index contributed by atoms with van der Waals surface area (Å²) in [4.78, 5) is 12.3. The molecule has 0 spiro atoms. The fourth-order valence-electron chi connectivity index (χ4n) is 2.62. The summed E-state index contributed by atoms with van der Waals surface area (Å²) in [6, 6.07) is 3.28. The van der Waals surface area contributed by atoms with Crippen LogP contribution in [-0.4, -0.2) is 52.5 Å². The van der Waals surface area contributed by atoms with Gasteiger partial charge in [-0.2, -0.15) is 0 Å². The minimum atomic E-state index is -0.352. The van der Waals surface area contributed by atoms with Crippen molar-refractivity contribution in [3.8, 4) is 17.2 Å². The van der Waals surface area contributed by atoms with E-state index in [-0.39, 0.29) is 18.1 Å². The molecule has 128 valence electrons. The maximum Gasteiger partial charge on any atom is 0.240 e. The molecule has 1 saturated heterocycles. The van der Waals surface area contributed by atoms with Gasteiger partial charge in [-0.05, 0) is 19.1 Å². The Kier molecular flexibility index (Phi) is 6.06. The van der Waals surface area contributed by atoms with Gasteiger partial charge in [-0.3, -0.25) is 4.79 Å². The third-order valence-electron chi connectivity index (χ3n) is 3.84. The van der Waals surface area contributed by atoms with Crippen molar-refractivity contribution < 1.29 is 23.7 Å². The number of carbonyl (C=O) groups excluding carboxylic acids is 1. The zero-order chi connectivity index (χ0) is 16.8. The molecule has 1 aliphatic heterocycles. The highest BCUT2D eigenvalue weighted by molar-refractivity contribution is 5.82. The van der Waals surface area contributed by atoms with E-state index in [1.54, 1.807) is 27.4 Å². The molecule has 2 rings (SSSR count). The molecule has 1 fully saturated rings. The largest absolute Gasteiger partial charge is 0.493 e. The van der Waals surface area contributed by atoms with Crippen LogP contribution in [0.15, 0.2) is 12.1 Å². The molecule has 1 aliphatic rings. The third-order valence-corrected chi connectivity index (χ3v) is 3.84. The zero-order valence-electron chi connectivity index (χ0n) is 14.0. The van der Waals surface area contributed by atoms with Crippen molar-refractivity contribution in [1.29, 1.82) is 0 Å². The summed E-state index contributed by atoms with van der Waals surface area (Å²) in [6.07, 6.45) is -0.156. The molecule has 1 aromatic rings. The topological polar surface area (TPSA) is 78.1 Å². The fourth-order valence-corrected chi connectivity index (χ4v) is 2.62. The van der Waals surface area contributed by atoms with E-state index >= 15 is 0 Å². The molecular weight excluding hydrogens is 300 g/mol. The molecule has 2 atom stereocenters. The quantitative estimate of drug-likeness (QED) is 0.802. The molecule has 2 N–H and O–H groups in total. The van der Waals surface area contributed by atoms with Crippen molar-refractivity contribution in [3.63, 3.8) is 0 Å². The standard InChI is InChI=1S/C16H24N2O5/c1-10-13(17-7-8-23-10)16(19)18-9-11-5-6-12(20-2)15(22-4)14(11)21-3/h5-6,10,13,17H,7-9H2,1-4H3,(H,18,19)/t10-,13+/m1/s1. The van der Waals surface area contributed by atoms with E-state index < -0.39 is 0 Å². The van der Waals surface area contributed by atoms with Crippen molar-refractivity contribution >= 4 is 5.91 Å². The zero-order valence-corrected chi connectivity index (χ0v) is 14.0. The molecule has 7 heteroatoms. The number of methoxy groups -OCH3 is 3. The van der Waals surface area contributed by atoms with Crippen molar-refractivity contribution in [2.45, 2.75) is 25.6 Å². The summed E-state index contributed by atoms with van der Waals surface area (Å²) in [5.74, 6) is 1.53. The van der Waals surface area contributed by atoms with E-state index in [0.29, 0.717) is 36.9 Å². The van der Waals surface area contributed by atoms with Crippen LogP contribution in [0, 0.1) is 0 Å². The smallest absolute Gasteiger partial charge is 0.240 e. The van der Waals surface area contributed by atoms with Crippen LogP contribution in [0.2, 0.25) is 0 Å².